The summed E-state index contributed by atoms with van der Waals surface area (Å²) in [6.45, 7) is 0. The highest BCUT2D eigenvalue weighted by Gasteiger charge is 2.12. The van der Waals surface area contributed by atoms with Gasteiger partial charge in [-0.15, -0.1) is 0 Å². The Hall–Kier alpha value is -2.92. The molecule has 0 saturated carbocycles. The fourth-order valence-electron chi connectivity index (χ4n) is 2.70. The summed E-state index contributed by atoms with van der Waals surface area (Å²) in [4.78, 5) is 16.8. The zero-order valence-electron chi connectivity index (χ0n) is 12.8. The molecule has 0 atom stereocenters. The Morgan fingerprint density at radius 2 is 1.92 bits per heavy atom. The topological polar surface area (TPSA) is 59.8 Å². The van der Waals surface area contributed by atoms with Gasteiger partial charge in [0, 0.05) is 23.7 Å². The number of carbonyl (C=O) groups excluding carboxylic acids is 1. The summed E-state index contributed by atoms with van der Waals surface area (Å²) in [5.41, 5.74) is 3.55. The zero-order chi connectivity index (χ0) is 16.7. The summed E-state index contributed by atoms with van der Waals surface area (Å²) >= 11 is 6.53. The Balaban J connectivity index is 1.77. The molecule has 24 heavy (non-hydrogen) atoms. The van der Waals surface area contributed by atoms with Crippen molar-refractivity contribution in [2.75, 3.05) is 5.32 Å². The zero-order valence-corrected chi connectivity index (χ0v) is 13.6. The predicted octanol–water partition coefficient (Wildman–Crippen LogP) is 4.03. The number of amides is 1. The minimum Gasteiger partial charge on any atom is -0.322 e. The Morgan fingerprint density at radius 3 is 2.71 bits per heavy atom. The number of halogens is 1. The van der Waals surface area contributed by atoms with Gasteiger partial charge in [0.1, 0.15) is 11.0 Å². The Kier molecular flexibility index (Phi) is 3.43. The third-order valence-electron chi connectivity index (χ3n) is 3.90. The molecule has 4 aromatic rings. The van der Waals surface area contributed by atoms with Crippen LogP contribution < -0.4 is 5.32 Å². The van der Waals surface area contributed by atoms with E-state index in [4.69, 9.17) is 11.6 Å². The van der Waals surface area contributed by atoms with Gasteiger partial charge >= 0.3 is 0 Å². The summed E-state index contributed by atoms with van der Waals surface area (Å²) < 4.78 is 1.69. The van der Waals surface area contributed by atoms with Crippen molar-refractivity contribution in [3.05, 3.63) is 65.3 Å². The molecule has 0 radical (unpaired) electrons. The van der Waals surface area contributed by atoms with E-state index in [2.05, 4.69) is 15.4 Å². The van der Waals surface area contributed by atoms with Gasteiger partial charge < -0.3 is 5.32 Å². The van der Waals surface area contributed by atoms with Crippen LogP contribution in [0.4, 0.5) is 5.69 Å². The first-order valence-electron chi connectivity index (χ1n) is 7.41. The van der Waals surface area contributed by atoms with E-state index in [1.165, 1.54) is 0 Å². The minimum atomic E-state index is -0.166. The SMILES string of the molecule is Cn1ncc2nc3ccc(NC(=O)c4ccccc4)cc3c(Cl)c21. The fraction of sp³-hybridized carbons (Fsp3) is 0.0556. The van der Waals surface area contributed by atoms with Crippen molar-refractivity contribution in [1.82, 2.24) is 14.8 Å². The van der Waals surface area contributed by atoms with Gasteiger partial charge in [0.05, 0.1) is 16.7 Å². The molecular weight excluding hydrogens is 324 g/mol. The van der Waals surface area contributed by atoms with E-state index >= 15 is 0 Å². The molecule has 0 fully saturated rings. The number of carbonyl (C=O) groups is 1. The van der Waals surface area contributed by atoms with Gasteiger partial charge in [-0.2, -0.15) is 5.10 Å². The molecule has 0 aliphatic heterocycles. The van der Waals surface area contributed by atoms with E-state index < -0.39 is 0 Å². The number of aryl methyl sites for hydroxylation is 1. The quantitative estimate of drug-likeness (QED) is 0.601. The standard InChI is InChI=1S/C18H13ClN4O/c1-23-17-15(10-20-23)22-14-8-7-12(9-13(14)16(17)19)21-18(24)11-5-3-2-4-6-11/h2-10H,1H3,(H,21,24). The molecule has 1 amide bonds. The predicted molar refractivity (Wildman–Crippen MR) is 95.4 cm³/mol. The van der Waals surface area contributed by atoms with Crippen LogP contribution in [0.25, 0.3) is 21.9 Å². The van der Waals surface area contributed by atoms with Gasteiger partial charge in [-0.25, -0.2) is 4.98 Å². The van der Waals surface area contributed by atoms with Gasteiger partial charge in [-0.1, -0.05) is 29.8 Å². The Bertz CT molecular complexity index is 1070. The first-order valence-corrected chi connectivity index (χ1v) is 7.78. The molecule has 0 spiro atoms. The number of pyridine rings is 1. The maximum absolute atomic E-state index is 12.3. The van der Waals surface area contributed by atoms with Crippen LogP contribution in [0.3, 0.4) is 0 Å². The Morgan fingerprint density at radius 1 is 1.12 bits per heavy atom. The van der Waals surface area contributed by atoms with E-state index in [-0.39, 0.29) is 5.91 Å². The van der Waals surface area contributed by atoms with Gasteiger partial charge in [0.2, 0.25) is 0 Å². The second-order valence-electron chi connectivity index (χ2n) is 5.48. The molecule has 5 nitrogen and oxygen atoms in total. The number of aromatic nitrogens is 3. The first kappa shape index (κ1) is 14.7. The van der Waals surface area contributed by atoms with Gasteiger partial charge in [-0.3, -0.25) is 9.48 Å². The van der Waals surface area contributed by atoms with Crippen LogP contribution in [-0.4, -0.2) is 20.7 Å². The number of hydrogen-bond acceptors (Lipinski definition) is 3. The van der Waals surface area contributed by atoms with Gasteiger partial charge in [-0.05, 0) is 30.3 Å². The van der Waals surface area contributed by atoms with Crippen LogP contribution >= 0.6 is 11.6 Å². The summed E-state index contributed by atoms with van der Waals surface area (Å²) in [5.74, 6) is -0.166. The first-order chi connectivity index (χ1) is 11.6. The maximum Gasteiger partial charge on any atom is 0.255 e. The molecule has 0 bridgehead atoms. The number of benzene rings is 2. The second kappa shape index (κ2) is 5.62. The van der Waals surface area contributed by atoms with Crippen molar-refractivity contribution in [1.29, 1.82) is 0 Å². The molecule has 0 saturated heterocycles. The lowest BCUT2D eigenvalue weighted by molar-refractivity contribution is 0.102. The monoisotopic (exact) mass is 336 g/mol. The normalized spacial score (nSPS) is 11.1. The van der Waals surface area contributed by atoms with Crippen LogP contribution in [0.15, 0.2) is 54.7 Å². The molecule has 0 aliphatic rings. The largest absolute Gasteiger partial charge is 0.322 e. The molecule has 1 N–H and O–H groups in total. The van der Waals surface area contributed by atoms with Gasteiger partial charge in [0.15, 0.2) is 0 Å². The van der Waals surface area contributed by atoms with Crippen molar-refractivity contribution in [2.45, 2.75) is 0 Å². The van der Waals surface area contributed by atoms with E-state index in [9.17, 15) is 4.79 Å². The highest BCUT2D eigenvalue weighted by atomic mass is 35.5. The van der Waals surface area contributed by atoms with Crippen molar-refractivity contribution in [2.24, 2.45) is 7.05 Å². The second-order valence-corrected chi connectivity index (χ2v) is 5.86. The summed E-state index contributed by atoms with van der Waals surface area (Å²) in [5, 5.41) is 8.43. The number of nitrogens with zero attached hydrogens (tertiary/aromatic N) is 3. The van der Waals surface area contributed by atoms with Crippen molar-refractivity contribution in [3.8, 4) is 0 Å². The molecule has 4 rings (SSSR count). The summed E-state index contributed by atoms with van der Waals surface area (Å²) in [7, 11) is 1.82. The van der Waals surface area contributed by atoms with Crippen molar-refractivity contribution >= 4 is 45.1 Å². The molecule has 2 heterocycles. The number of anilines is 1. The lowest BCUT2D eigenvalue weighted by Crippen LogP contribution is -2.11. The number of fused-ring (bicyclic) bond motifs is 2. The minimum absolute atomic E-state index is 0.166. The Labute approximate surface area is 142 Å². The molecule has 0 aliphatic carbocycles. The average molecular weight is 337 g/mol. The van der Waals surface area contributed by atoms with E-state index in [0.29, 0.717) is 16.3 Å². The molecule has 2 aromatic carbocycles. The smallest absolute Gasteiger partial charge is 0.255 e. The van der Waals surface area contributed by atoms with Crippen LogP contribution in [0.1, 0.15) is 10.4 Å². The molecular formula is C18H13ClN4O. The third-order valence-corrected chi connectivity index (χ3v) is 4.28. The van der Waals surface area contributed by atoms with Crippen LogP contribution in [0, 0.1) is 0 Å². The molecule has 0 unspecified atom stereocenters. The lowest BCUT2D eigenvalue weighted by atomic mass is 10.1. The van der Waals surface area contributed by atoms with Crippen molar-refractivity contribution in [3.63, 3.8) is 0 Å². The third kappa shape index (κ3) is 2.39. The highest BCUT2D eigenvalue weighted by Crippen LogP contribution is 2.31. The van der Waals surface area contributed by atoms with Crippen LogP contribution in [-0.2, 0) is 7.05 Å². The maximum atomic E-state index is 12.3. The molecule has 118 valence electrons. The van der Waals surface area contributed by atoms with E-state index in [1.807, 2.05) is 43.4 Å². The summed E-state index contributed by atoms with van der Waals surface area (Å²) in [6, 6.07) is 14.6. The van der Waals surface area contributed by atoms with E-state index in [0.717, 1.165) is 21.9 Å². The van der Waals surface area contributed by atoms with Gasteiger partial charge in [0.25, 0.3) is 5.91 Å². The van der Waals surface area contributed by atoms with Crippen LogP contribution in [0.5, 0.6) is 0 Å². The fourth-order valence-corrected chi connectivity index (χ4v) is 3.07. The highest BCUT2D eigenvalue weighted by molar-refractivity contribution is 6.40. The number of nitrogens with one attached hydrogen (secondary N) is 1. The van der Waals surface area contributed by atoms with Crippen LogP contribution in [0.2, 0.25) is 5.02 Å². The lowest BCUT2D eigenvalue weighted by Gasteiger charge is -2.08. The average Bonchev–Trinajstić information content (AvgIpc) is 2.97. The number of rotatable bonds is 2. The summed E-state index contributed by atoms with van der Waals surface area (Å²) in [6.07, 6.45) is 1.69. The molecule has 2 aromatic heterocycles. The number of hydrogen-bond donors (Lipinski definition) is 1. The van der Waals surface area contributed by atoms with E-state index in [1.54, 1.807) is 23.0 Å². The molecule has 6 heteroatoms. The van der Waals surface area contributed by atoms with Crippen molar-refractivity contribution < 1.29 is 4.79 Å².